The van der Waals surface area contributed by atoms with Crippen molar-refractivity contribution in [3.63, 3.8) is 0 Å². The van der Waals surface area contributed by atoms with Crippen LogP contribution in [0.25, 0.3) is 22.4 Å². The smallest absolute Gasteiger partial charge is 0.127 e. The number of benzene rings is 4. The van der Waals surface area contributed by atoms with E-state index in [2.05, 4.69) is 52.3 Å². The van der Waals surface area contributed by atoms with Crippen molar-refractivity contribution >= 4 is 50.0 Å². The van der Waals surface area contributed by atoms with Crippen LogP contribution in [0.1, 0.15) is 16.7 Å². The minimum Gasteiger partial charge on any atom is -0.488 e. The number of allylic oxidation sites excluding steroid dienone is 1. The Morgan fingerprint density at radius 1 is 0.933 bits per heavy atom. The summed E-state index contributed by atoms with van der Waals surface area (Å²) in [5.74, 6) is 0.700. The molecule has 0 amide bonds. The maximum atomic E-state index is 9.70. The molecule has 30 heavy (non-hydrogen) atoms. The van der Waals surface area contributed by atoms with Gasteiger partial charge in [0, 0.05) is 20.6 Å². The van der Waals surface area contributed by atoms with Crippen LogP contribution in [0.5, 0.6) is 5.75 Å². The molecule has 0 unspecified atom stereocenters. The number of fused-ring (bicyclic) bond motifs is 1. The van der Waals surface area contributed by atoms with E-state index in [0.717, 1.165) is 15.6 Å². The van der Waals surface area contributed by atoms with E-state index in [1.54, 1.807) is 6.07 Å². The Bertz CT molecular complexity index is 1290. The average molecular weight is 475 g/mol. The maximum Gasteiger partial charge on any atom is 0.127 e. The Balaban J connectivity index is 1.64. The molecule has 0 spiro atoms. The van der Waals surface area contributed by atoms with Crippen molar-refractivity contribution in [3.8, 4) is 11.8 Å². The zero-order valence-corrected chi connectivity index (χ0v) is 18.3. The monoisotopic (exact) mass is 473 g/mol. The molecule has 4 aromatic rings. The first-order valence-corrected chi connectivity index (χ1v) is 10.6. The molecule has 0 aliphatic rings. The van der Waals surface area contributed by atoms with Crippen LogP contribution < -0.4 is 4.74 Å². The third-order valence-electron chi connectivity index (χ3n) is 4.76. The maximum absolute atomic E-state index is 9.70. The minimum atomic E-state index is 0.432. The number of nitriles is 1. The van der Waals surface area contributed by atoms with Gasteiger partial charge in [-0.05, 0) is 52.7 Å². The fourth-order valence-corrected chi connectivity index (χ4v) is 3.87. The fourth-order valence-electron chi connectivity index (χ4n) is 3.26. The molecule has 0 radical (unpaired) electrons. The highest BCUT2D eigenvalue weighted by Gasteiger charge is 2.09. The van der Waals surface area contributed by atoms with Crippen molar-refractivity contribution in [2.75, 3.05) is 0 Å². The molecule has 4 rings (SSSR count). The van der Waals surface area contributed by atoms with Crippen molar-refractivity contribution < 1.29 is 4.74 Å². The predicted octanol–water partition coefficient (Wildman–Crippen LogP) is 7.90. The van der Waals surface area contributed by atoms with Gasteiger partial charge in [-0.25, -0.2) is 0 Å². The van der Waals surface area contributed by atoms with Gasteiger partial charge in [-0.1, -0.05) is 82.1 Å². The summed E-state index contributed by atoms with van der Waals surface area (Å²) in [5.41, 5.74) is 3.07. The van der Waals surface area contributed by atoms with Crippen LogP contribution in [-0.4, -0.2) is 0 Å². The average Bonchev–Trinajstić information content (AvgIpc) is 2.77. The highest BCUT2D eigenvalue weighted by Crippen LogP contribution is 2.31. The molecule has 0 fully saturated rings. The Morgan fingerprint density at radius 2 is 1.70 bits per heavy atom. The molecule has 0 bridgehead atoms. The molecule has 0 aliphatic carbocycles. The van der Waals surface area contributed by atoms with Gasteiger partial charge in [0.05, 0.1) is 11.6 Å². The summed E-state index contributed by atoms with van der Waals surface area (Å²) in [6.07, 6.45) is 1.81. The van der Waals surface area contributed by atoms with E-state index in [-0.39, 0.29) is 0 Å². The van der Waals surface area contributed by atoms with Gasteiger partial charge in [0.25, 0.3) is 0 Å². The van der Waals surface area contributed by atoms with Crippen molar-refractivity contribution in [3.05, 3.63) is 111 Å². The first-order chi connectivity index (χ1) is 14.6. The third-order valence-corrected chi connectivity index (χ3v) is 5.59. The highest BCUT2D eigenvalue weighted by atomic mass is 79.9. The Kier molecular flexibility index (Phi) is 6.18. The Hall–Kier alpha value is -3.06. The van der Waals surface area contributed by atoms with Crippen LogP contribution in [0.4, 0.5) is 0 Å². The van der Waals surface area contributed by atoms with Gasteiger partial charge < -0.3 is 4.74 Å². The van der Waals surface area contributed by atoms with Crippen molar-refractivity contribution in [1.29, 1.82) is 5.26 Å². The molecular weight excluding hydrogens is 458 g/mol. The van der Waals surface area contributed by atoms with Crippen molar-refractivity contribution in [1.82, 2.24) is 0 Å². The van der Waals surface area contributed by atoms with Crippen LogP contribution in [0.3, 0.4) is 0 Å². The lowest BCUT2D eigenvalue weighted by Gasteiger charge is -2.11. The van der Waals surface area contributed by atoms with E-state index in [1.807, 2.05) is 54.6 Å². The van der Waals surface area contributed by atoms with Crippen LogP contribution in [0, 0.1) is 11.3 Å². The summed E-state index contributed by atoms with van der Waals surface area (Å²) in [5, 5.41) is 12.6. The molecule has 0 saturated carbocycles. The highest BCUT2D eigenvalue weighted by molar-refractivity contribution is 9.10. The van der Waals surface area contributed by atoms with E-state index in [1.165, 1.54) is 10.8 Å². The molecule has 4 aromatic carbocycles. The fraction of sp³-hybridized carbons (Fsp3) is 0.0385. The molecule has 4 heteroatoms. The van der Waals surface area contributed by atoms with E-state index in [0.29, 0.717) is 28.5 Å². The van der Waals surface area contributed by atoms with Crippen LogP contribution >= 0.6 is 27.5 Å². The number of ether oxygens (including phenoxy) is 1. The lowest BCUT2D eigenvalue weighted by molar-refractivity contribution is 0.305. The second-order valence-corrected chi connectivity index (χ2v) is 8.12. The molecule has 0 aliphatic heterocycles. The molecular formula is C26H17BrClNO. The van der Waals surface area contributed by atoms with Gasteiger partial charge in [-0.2, -0.15) is 5.26 Å². The van der Waals surface area contributed by atoms with E-state index in [9.17, 15) is 5.26 Å². The number of rotatable bonds is 5. The second-order valence-electron chi connectivity index (χ2n) is 6.80. The molecule has 146 valence electrons. The summed E-state index contributed by atoms with van der Waals surface area (Å²) in [7, 11) is 0. The lowest BCUT2D eigenvalue weighted by atomic mass is 10.0. The van der Waals surface area contributed by atoms with Gasteiger partial charge in [0.15, 0.2) is 0 Å². The normalized spacial score (nSPS) is 11.3. The lowest BCUT2D eigenvalue weighted by Crippen LogP contribution is -1.97. The first-order valence-electron chi connectivity index (χ1n) is 9.41. The largest absolute Gasteiger partial charge is 0.488 e. The third kappa shape index (κ3) is 4.57. The summed E-state index contributed by atoms with van der Waals surface area (Å²) >= 11 is 9.80. The zero-order chi connectivity index (χ0) is 20.9. The molecule has 0 heterocycles. The molecule has 0 saturated heterocycles. The van der Waals surface area contributed by atoms with Crippen LogP contribution in [-0.2, 0) is 6.61 Å². The topological polar surface area (TPSA) is 33.0 Å². The number of hydrogen-bond donors (Lipinski definition) is 0. The van der Waals surface area contributed by atoms with Gasteiger partial charge >= 0.3 is 0 Å². The quantitative estimate of drug-likeness (QED) is 0.217. The molecule has 2 nitrogen and oxygen atoms in total. The SMILES string of the molecule is N#CC(=Cc1cc(Br)ccc1OCc1ccc2ccccc2c1)c1ccccc1Cl. The van der Waals surface area contributed by atoms with Gasteiger partial charge in [-0.15, -0.1) is 0 Å². The molecule has 0 atom stereocenters. The van der Waals surface area contributed by atoms with Crippen molar-refractivity contribution in [2.24, 2.45) is 0 Å². The summed E-state index contributed by atoms with van der Waals surface area (Å²) in [4.78, 5) is 0. The van der Waals surface area contributed by atoms with Crippen LogP contribution in [0.15, 0.2) is 89.4 Å². The second kappa shape index (κ2) is 9.17. The molecule has 0 N–H and O–H groups in total. The van der Waals surface area contributed by atoms with Crippen molar-refractivity contribution in [2.45, 2.75) is 6.61 Å². The minimum absolute atomic E-state index is 0.432. The number of nitrogens with zero attached hydrogens (tertiary/aromatic N) is 1. The van der Waals surface area contributed by atoms with E-state index >= 15 is 0 Å². The number of hydrogen-bond acceptors (Lipinski definition) is 2. The van der Waals surface area contributed by atoms with Crippen LogP contribution in [0.2, 0.25) is 5.02 Å². The molecule has 0 aromatic heterocycles. The standard InChI is InChI=1S/C26H17BrClNO/c27-23-11-12-26(30-17-18-9-10-19-5-1-2-6-20(19)13-18)21(15-23)14-22(16-29)24-7-3-4-8-25(24)28/h1-15H,17H2. The number of halogens is 2. The Labute approximate surface area is 189 Å². The summed E-state index contributed by atoms with van der Waals surface area (Å²) in [6.45, 7) is 0.432. The zero-order valence-electron chi connectivity index (χ0n) is 16.0. The van der Waals surface area contributed by atoms with Gasteiger partial charge in [-0.3, -0.25) is 0 Å². The van der Waals surface area contributed by atoms with Gasteiger partial charge in [0.1, 0.15) is 12.4 Å². The summed E-state index contributed by atoms with van der Waals surface area (Å²) < 4.78 is 7.04. The van der Waals surface area contributed by atoms with E-state index in [4.69, 9.17) is 16.3 Å². The van der Waals surface area contributed by atoms with Gasteiger partial charge in [0.2, 0.25) is 0 Å². The summed E-state index contributed by atoms with van der Waals surface area (Å²) in [6, 6.07) is 29.9. The Morgan fingerprint density at radius 3 is 2.50 bits per heavy atom. The van der Waals surface area contributed by atoms with E-state index < -0.39 is 0 Å². The predicted molar refractivity (Wildman–Crippen MR) is 127 cm³/mol. The first kappa shape index (κ1) is 20.2.